The maximum atomic E-state index is 12.5. The summed E-state index contributed by atoms with van der Waals surface area (Å²) >= 11 is 0. The molecule has 0 aliphatic carbocycles. The predicted molar refractivity (Wildman–Crippen MR) is 111 cm³/mol. The lowest BCUT2D eigenvalue weighted by atomic mass is 9.96. The normalized spacial score (nSPS) is 15.4. The molecule has 4 heteroatoms. The third-order valence-electron chi connectivity index (χ3n) is 5.16. The van der Waals surface area contributed by atoms with Crippen LogP contribution in [0, 0.1) is 0 Å². The van der Waals surface area contributed by atoms with E-state index in [1.165, 1.54) is 11.1 Å². The number of piperazine rings is 1. The molecule has 1 saturated heterocycles. The van der Waals surface area contributed by atoms with Crippen LogP contribution in [0.3, 0.4) is 0 Å². The molecule has 3 aromatic rings. The van der Waals surface area contributed by atoms with E-state index in [-0.39, 0.29) is 11.9 Å². The van der Waals surface area contributed by atoms with Crippen LogP contribution in [0.15, 0.2) is 89.6 Å². The average Bonchev–Trinajstić information content (AvgIpc) is 3.28. The van der Waals surface area contributed by atoms with Gasteiger partial charge in [0.15, 0.2) is 0 Å². The van der Waals surface area contributed by atoms with E-state index in [1.807, 2.05) is 29.2 Å². The Balaban J connectivity index is 1.45. The standard InChI is InChI=1S/C24H24N2O2/c27-23(14-13-22-12-7-19-28-22)25-15-17-26(18-16-25)24(20-8-3-1-4-9-20)21-10-5-2-6-11-21/h1-14,19,24H,15-18H2/b14-13+. The number of nitrogens with zero attached hydrogens (tertiary/aromatic N) is 2. The smallest absolute Gasteiger partial charge is 0.246 e. The van der Waals surface area contributed by atoms with E-state index in [0.29, 0.717) is 5.76 Å². The zero-order valence-electron chi connectivity index (χ0n) is 15.8. The van der Waals surface area contributed by atoms with Gasteiger partial charge >= 0.3 is 0 Å². The maximum Gasteiger partial charge on any atom is 0.246 e. The van der Waals surface area contributed by atoms with E-state index in [2.05, 4.69) is 53.4 Å². The van der Waals surface area contributed by atoms with Crippen molar-refractivity contribution in [3.05, 3.63) is 102 Å². The molecule has 1 aliphatic heterocycles. The van der Waals surface area contributed by atoms with Gasteiger partial charge in [0.05, 0.1) is 12.3 Å². The van der Waals surface area contributed by atoms with E-state index >= 15 is 0 Å². The van der Waals surface area contributed by atoms with Crippen LogP contribution < -0.4 is 0 Å². The first kappa shape index (κ1) is 18.3. The van der Waals surface area contributed by atoms with Gasteiger partial charge in [-0.2, -0.15) is 0 Å². The minimum atomic E-state index is 0.0343. The molecule has 4 rings (SSSR count). The number of hydrogen-bond acceptors (Lipinski definition) is 3. The fourth-order valence-corrected chi connectivity index (χ4v) is 3.73. The molecule has 2 aromatic carbocycles. The van der Waals surface area contributed by atoms with Crippen molar-refractivity contribution in [2.24, 2.45) is 0 Å². The van der Waals surface area contributed by atoms with Crippen LogP contribution in [0.2, 0.25) is 0 Å². The molecular weight excluding hydrogens is 348 g/mol. The van der Waals surface area contributed by atoms with Gasteiger partial charge in [0.2, 0.25) is 5.91 Å². The zero-order valence-corrected chi connectivity index (χ0v) is 15.8. The first-order valence-corrected chi connectivity index (χ1v) is 9.66. The number of furan rings is 1. The van der Waals surface area contributed by atoms with Crippen molar-refractivity contribution >= 4 is 12.0 Å². The summed E-state index contributed by atoms with van der Waals surface area (Å²) in [5.74, 6) is 0.729. The summed E-state index contributed by atoms with van der Waals surface area (Å²) in [6.45, 7) is 3.12. The van der Waals surface area contributed by atoms with Crippen molar-refractivity contribution in [1.82, 2.24) is 9.80 Å². The molecule has 4 nitrogen and oxygen atoms in total. The highest BCUT2D eigenvalue weighted by atomic mass is 16.3. The summed E-state index contributed by atoms with van der Waals surface area (Å²) in [5.41, 5.74) is 2.57. The Labute approximate surface area is 165 Å². The van der Waals surface area contributed by atoms with E-state index < -0.39 is 0 Å². The molecule has 0 saturated carbocycles. The number of rotatable bonds is 5. The van der Waals surface area contributed by atoms with Crippen molar-refractivity contribution < 1.29 is 9.21 Å². The summed E-state index contributed by atoms with van der Waals surface area (Å²) in [6.07, 6.45) is 4.93. The van der Waals surface area contributed by atoms with Crippen LogP contribution in [0.25, 0.3) is 6.08 Å². The van der Waals surface area contributed by atoms with Gasteiger partial charge in [-0.3, -0.25) is 9.69 Å². The van der Waals surface area contributed by atoms with Gasteiger partial charge in [0, 0.05) is 32.3 Å². The lowest BCUT2D eigenvalue weighted by Gasteiger charge is -2.39. The van der Waals surface area contributed by atoms with E-state index in [4.69, 9.17) is 4.42 Å². The number of hydrogen-bond donors (Lipinski definition) is 0. The second-order valence-corrected chi connectivity index (χ2v) is 6.93. The predicted octanol–water partition coefficient (Wildman–Crippen LogP) is 4.23. The molecule has 0 spiro atoms. The average molecular weight is 372 g/mol. The van der Waals surface area contributed by atoms with Gasteiger partial charge in [0.25, 0.3) is 0 Å². The van der Waals surface area contributed by atoms with Crippen molar-refractivity contribution in [2.45, 2.75) is 6.04 Å². The number of benzene rings is 2. The van der Waals surface area contributed by atoms with Crippen molar-refractivity contribution in [3.63, 3.8) is 0 Å². The largest absolute Gasteiger partial charge is 0.465 e. The molecule has 2 heterocycles. The second-order valence-electron chi connectivity index (χ2n) is 6.93. The summed E-state index contributed by atoms with van der Waals surface area (Å²) in [7, 11) is 0. The Morgan fingerprint density at radius 3 is 1.96 bits per heavy atom. The minimum Gasteiger partial charge on any atom is -0.465 e. The molecule has 1 aliphatic rings. The SMILES string of the molecule is O=C(/C=C/c1ccco1)N1CCN(C(c2ccccc2)c2ccccc2)CC1. The van der Waals surface area contributed by atoms with Crippen LogP contribution in [-0.4, -0.2) is 41.9 Å². The Hall–Kier alpha value is -3.11. The van der Waals surface area contributed by atoms with Crippen LogP contribution in [0.1, 0.15) is 22.9 Å². The highest BCUT2D eigenvalue weighted by Gasteiger charge is 2.27. The topological polar surface area (TPSA) is 36.7 Å². The summed E-state index contributed by atoms with van der Waals surface area (Å²) in [4.78, 5) is 16.9. The molecule has 1 amide bonds. The van der Waals surface area contributed by atoms with Crippen LogP contribution >= 0.6 is 0 Å². The molecule has 1 fully saturated rings. The van der Waals surface area contributed by atoms with Crippen molar-refractivity contribution in [1.29, 1.82) is 0 Å². The number of amides is 1. The molecule has 0 bridgehead atoms. The van der Waals surface area contributed by atoms with Gasteiger partial charge in [0.1, 0.15) is 5.76 Å². The van der Waals surface area contributed by atoms with Gasteiger partial charge in [-0.15, -0.1) is 0 Å². The van der Waals surface area contributed by atoms with Crippen molar-refractivity contribution in [2.75, 3.05) is 26.2 Å². The Bertz CT molecular complexity index is 857. The molecular formula is C24H24N2O2. The molecule has 1 aromatic heterocycles. The van der Waals surface area contributed by atoms with Crippen LogP contribution in [0.4, 0.5) is 0 Å². The number of carbonyl (C=O) groups excluding carboxylic acids is 1. The molecule has 0 atom stereocenters. The quantitative estimate of drug-likeness (QED) is 0.629. The fraction of sp³-hybridized carbons (Fsp3) is 0.208. The zero-order chi connectivity index (χ0) is 19.2. The van der Waals surface area contributed by atoms with Gasteiger partial charge in [-0.05, 0) is 29.3 Å². The van der Waals surface area contributed by atoms with E-state index in [1.54, 1.807) is 18.4 Å². The van der Waals surface area contributed by atoms with E-state index in [0.717, 1.165) is 26.2 Å². The summed E-state index contributed by atoms with van der Waals surface area (Å²) in [6, 6.07) is 25.0. The molecule has 28 heavy (non-hydrogen) atoms. The van der Waals surface area contributed by atoms with Gasteiger partial charge in [-0.25, -0.2) is 0 Å². The second kappa shape index (κ2) is 8.72. The maximum absolute atomic E-state index is 12.5. The third-order valence-corrected chi connectivity index (χ3v) is 5.16. The first-order valence-electron chi connectivity index (χ1n) is 9.66. The first-order chi connectivity index (χ1) is 13.8. The fourth-order valence-electron chi connectivity index (χ4n) is 3.73. The lowest BCUT2D eigenvalue weighted by Crippen LogP contribution is -2.49. The molecule has 142 valence electrons. The minimum absolute atomic E-state index is 0.0343. The summed E-state index contributed by atoms with van der Waals surface area (Å²) < 4.78 is 5.25. The Morgan fingerprint density at radius 1 is 0.821 bits per heavy atom. The van der Waals surface area contributed by atoms with Crippen molar-refractivity contribution in [3.8, 4) is 0 Å². The highest BCUT2D eigenvalue weighted by Crippen LogP contribution is 2.29. The van der Waals surface area contributed by atoms with Crippen LogP contribution in [-0.2, 0) is 4.79 Å². The Morgan fingerprint density at radius 2 is 1.43 bits per heavy atom. The summed E-state index contributed by atoms with van der Waals surface area (Å²) in [5, 5.41) is 0. The third kappa shape index (κ3) is 4.24. The lowest BCUT2D eigenvalue weighted by molar-refractivity contribution is -0.127. The molecule has 0 radical (unpaired) electrons. The monoisotopic (exact) mass is 372 g/mol. The number of carbonyl (C=O) groups is 1. The van der Waals surface area contributed by atoms with Gasteiger partial charge in [-0.1, -0.05) is 60.7 Å². The highest BCUT2D eigenvalue weighted by molar-refractivity contribution is 5.91. The van der Waals surface area contributed by atoms with Crippen LogP contribution in [0.5, 0.6) is 0 Å². The molecule has 0 unspecified atom stereocenters. The molecule has 0 N–H and O–H groups in total. The Kier molecular flexibility index (Phi) is 5.69. The van der Waals surface area contributed by atoms with Gasteiger partial charge < -0.3 is 9.32 Å². The van der Waals surface area contributed by atoms with E-state index in [9.17, 15) is 4.79 Å².